The lowest BCUT2D eigenvalue weighted by Crippen LogP contribution is -2.16. The Labute approximate surface area is 131 Å². The highest BCUT2D eigenvalue weighted by Gasteiger charge is 2.15. The molecule has 1 N–H and O–H groups in total. The molecule has 0 fully saturated rings. The quantitative estimate of drug-likeness (QED) is 0.846. The van der Waals surface area contributed by atoms with Gasteiger partial charge in [0, 0.05) is 16.6 Å². The van der Waals surface area contributed by atoms with E-state index in [4.69, 9.17) is 4.74 Å². The van der Waals surface area contributed by atoms with E-state index in [0.29, 0.717) is 23.1 Å². The molecule has 2 aromatic rings. The van der Waals surface area contributed by atoms with Crippen LogP contribution in [0.2, 0.25) is 0 Å². The number of esters is 1. The number of hydrogen-bond donors (Lipinski definition) is 1. The van der Waals surface area contributed by atoms with Gasteiger partial charge in [-0.2, -0.15) is 0 Å². The zero-order valence-electron chi connectivity index (χ0n) is 12.5. The van der Waals surface area contributed by atoms with Gasteiger partial charge in [-0.3, -0.25) is 14.9 Å². The molecular formula is C14H16N4O3S. The van der Waals surface area contributed by atoms with Crippen molar-refractivity contribution in [1.82, 2.24) is 15.0 Å². The van der Waals surface area contributed by atoms with E-state index in [0.717, 1.165) is 11.3 Å². The average molecular weight is 320 g/mol. The fourth-order valence-corrected chi connectivity index (χ4v) is 2.43. The van der Waals surface area contributed by atoms with Crippen molar-refractivity contribution in [3.05, 3.63) is 34.4 Å². The van der Waals surface area contributed by atoms with E-state index in [2.05, 4.69) is 20.3 Å². The van der Waals surface area contributed by atoms with Crippen LogP contribution in [0.5, 0.6) is 0 Å². The van der Waals surface area contributed by atoms with Crippen LogP contribution in [0.25, 0.3) is 0 Å². The summed E-state index contributed by atoms with van der Waals surface area (Å²) in [6.45, 7) is 5.68. The number of nitrogens with zero attached hydrogens (tertiary/aromatic N) is 3. The summed E-state index contributed by atoms with van der Waals surface area (Å²) >= 11 is 1.25. The normalized spacial score (nSPS) is 10.3. The van der Waals surface area contributed by atoms with Gasteiger partial charge in [-0.05, 0) is 20.8 Å². The van der Waals surface area contributed by atoms with E-state index in [1.807, 2.05) is 6.92 Å². The summed E-state index contributed by atoms with van der Waals surface area (Å²) in [5.74, 6) is -0.687. The van der Waals surface area contributed by atoms with Crippen molar-refractivity contribution in [3.8, 4) is 0 Å². The minimum atomic E-state index is -0.347. The molecule has 0 aliphatic heterocycles. The number of carbonyl (C=O) groups excluding carboxylic acids is 2. The first-order valence-electron chi connectivity index (χ1n) is 6.70. The number of thiazole rings is 1. The Bertz CT molecular complexity index is 699. The average Bonchev–Trinajstić information content (AvgIpc) is 2.89. The number of aryl methyl sites for hydroxylation is 1. The van der Waals surface area contributed by atoms with Gasteiger partial charge in [0.2, 0.25) is 0 Å². The molecule has 2 heterocycles. The molecule has 0 radical (unpaired) electrons. The van der Waals surface area contributed by atoms with Crippen molar-refractivity contribution >= 4 is 28.3 Å². The molecule has 8 heteroatoms. The zero-order chi connectivity index (χ0) is 16.1. The molecule has 0 saturated heterocycles. The fourth-order valence-electron chi connectivity index (χ4n) is 1.73. The molecule has 2 rings (SSSR count). The van der Waals surface area contributed by atoms with Gasteiger partial charge in [-0.25, -0.2) is 15.0 Å². The molecule has 0 aliphatic rings. The Morgan fingerprint density at radius 2 is 2.09 bits per heavy atom. The van der Waals surface area contributed by atoms with E-state index in [9.17, 15) is 9.59 Å². The molecule has 22 heavy (non-hydrogen) atoms. The highest BCUT2D eigenvalue weighted by Crippen LogP contribution is 2.18. The number of carbonyl (C=O) groups is 2. The summed E-state index contributed by atoms with van der Waals surface area (Å²) < 4.78 is 4.86. The van der Waals surface area contributed by atoms with E-state index in [1.54, 1.807) is 19.2 Å². The smallest absolute Gasteiger partial charge is 0.311 e. The second-order valence-corrected chi connectivity index (χ2v) is 5.37. The first-order chi connectivity index (χ1) is 10.5. The number of rotatable bonds is 5. The molecule has 0 spiro atoms. The third-order valence-electron chi connectivity index (χ3n) is 2.95. The van der Waals surface area contributed by atoms with Crippen molar-refractivity contribution in [2.75, 3.05) is 11.9 Å². The van der Waals surface area contributed by atoms with Gasteiger partial charge in [-0.1, -0.05) is 0 Å². The van der Waals surface area contributed by atoms with Gasteiger partial charge in [-0.15, -0.1) is 11.3 Å². The molecule has 1 amide bonds. The highest BCUT2D eigenvalue weighted by molar-refractivity contribution is 7.14. The molecule has 0 bridgehead atoms. The fraction of sp³-hybridized carbons (Fsp3) is 0.357. The summed E-state index contributed by atoms with van der Waals surface area (Å²) in [5.41, 5.74) is 2.36. The SMILES string of the molecule is CCOC(=O)Cc1csc(NC(=O)c2ncnc(C)c2C)n1. The number of hydrogen-bond acceptors (Lipinski definition) is 7. The molecule has 116 valence electrons. The van der Waals surface area contributed by atoms with Crippen LogP contribution >= 0.6 is 11.3 Å². The second-order valence-electron chi connectivity index (χ2n) is 4.51. The largest absolute Gasteiger partial charge is 0.466 e. The monoisotopic (exact) mass is 320 g/mol. The van der Waals surface area contributed by atoms with Crippen LogP contribution in [0.1, 0.15) is 34.4 Å². The van der Waals surface area contributed by atoms with Crippen molar-refractivity contribution in [2.45, 2.75) is 27.2 Å². The van der Waals surface area contributed by atoms with Crippen LogP contribution in [-0.4, -0.2) is 33.4 Å². The van der Waals surface area contributed by atoms with Gasteiger partial charge < -0.3 is 4.74 Å². The van der Waals surface area contributed by atoms with Crippen LogP contribution in [0.15, 0.2) is 11.7 Å². The van der Waals surface area contributed by atoms with Crippen LogP contribution in [0, 0.1) is 13.8 Å². The molecule has 0 unspecified atom stereocenters. The van der Waals surface area contributed by atoms with E-state index >= 15 is 0 Å². The maximum atomic E-state index is 12.2. The number of aromatic nitrogens is 3. The van der Waals surface area contributed by atoms with Gasteiger partial charge in [0.25, 0.3) is 5.91 Å². The minimum Gasteiger partial charge on any atom is -0.466 e. The molecule has 0 aromatic carbocycles. The van der Waals surface area contributed by atoms with Crippen molar-refractivity contribution < 1.29 is 14.3 Å². The van der Waals surface area contributed by atoms with Gasteiger partial charge in [0.15, 0.2) is 5.13 Å². The Balaban J connectivity index is 2.05. The lowest BCUT2D eigenvalue weighted by atomic mass is 10.2. The Hall–Kier alpha value is -2.35. The number of anilines is 1. The van der Waals surface area contributed by atoms with Crippen LogP contribution < -0.4 is 5.32 Å². The number of ether oxygens (including phenoxy) is 1. The molecule has 0 saturated carbocycles. The topological polar surface area (TPSA) is 94.1 Å². The van der Waals surface area contributed by atoms with Gasteiger partial charge in [0.05, 0.1) is 18.7 Å². The van der Waals surface area contributed by atoms with Gasteiger partial charge >= 0.3 is 5.97 Å². The van der Waals surface area contributed by atoms with Crippen LogP contribution in [0.3, 0.4) is 0 Å². The zero-order valence-corrected chi connectivity index (χ0v) is 13.4. The first-order valence-corrected chi connectivity index (χ1v) is 7.58. The Kier molecular flexibility index (Phi) is 5.16. The summed E-state index contributed by atoms with van der Waals surface area (Å²) in [6.07, 6.45) is 1.44. The first kappa shape index (κ1) is 16.0. The van der Waals surface area contributed by atoms with E-state index < -0.39 is 0 Å². The van der Waals surface area contributed by atoms with E-state index in [1.165, 1.54) is 17.7 Å². The van der Waals surface area contributed by atoms with Crippen LogP contribution in [-0.2, 0) is 16.0 Å². The maximum absolute atomic E-state index is 12.2. The highest BCUT2D eigenvalue weighted by atomic mass is 32.1. The van der Waals surface area contributed by atoms with Crippen molar-refractivity contribution in [2.24, 2.45) is 0 Å². The number of nitrogens with one attached hydrogen (secondary N) is 1. The summed E-state index contributed by atoms with van der Waals surface area (Å²) in [4.78, 5) is 35.8. The lowest BCUT2D eigenvalue weighted by molar-refractivity contribution is -0.142. The standard InChI is InChI=1S/C14H16N4O3S/c1-4-21-11(19)5-10-6-22-14(17-10)18-13(20)12-8(2)9(3)15-7-16-12/h6-7H,4-5H2,1-3H3,(H,17,18,20). The third-order valence-corrected chi connectivity index (χ3v) is 3.76. The molecule has 0 aliphatic carbocycles. The third kappa shape index (κ3) is 3.85. The van der Waals surface area contributed by atoms with Gasteiger partial charge in [0.1, 0.15) is 12.0 Å². The predicted octanol–water partition coefficient (Wildman–Crippen LogP) is 1.91. The van der Waals surface area contributed by atoms with Crippen molar-refractivity contribution in [3.63, 3.8) is 0 Å². The Morgan fingerprint density at radius 1 is 1.32 bits per heavy atom. The number of amides is 1. The summed E-state index contributed by atoms with van der Waals surface area (Å²) in [5, 5.41) is 4.81. The van der Waals surface area contributed by atoms with Crippen LogP contribution in [0.4, 0.5) is 5.13 Å². The van der Waals surface area contributed by atoms with E-state index in [-0.39, 0.29) is 18.3 Å². The molecular weight excluding hydrogens is 304 g/mol. The lowest BCUT2D eigenvalue weighted by Gasteiger charge is -2.05. The summed E-state index contributed by atoms with van der Waals surface area (Å²) in [6, 6.07) is 0. The molecule has 7 nitrogen and oxygen atoms in total. The molecule has 2 aromatic heterocycles. The minimum absolute atomic E-state index is 0.0891. The predicted molar refractivity (Wildman–Crippen MR) is 81.9 cm³/mol. The molecule has 0 atom stereocenters. The second kappa shape index (κ2) is 7.08. The maximum Gasteiger partial charge on any atom is 0.311 e. The van der Waals surface area contributed by atoms with Crippen molar-refractivity contribution in [1.29, 1.82) is 0 Å². The summed E-state index contributed by atoms with van der Waals surface area (Å²) in [7, 11) is 0. The Morgan fingerprint density at radius 3 is 2.82 bits per heavy atom.